The number of hydrogen-bond acceptors (Lipinski definition) is 3. The maximum absolute atomic E-state index is 5.86. The van der Waals surface area contributed by atoms with E-state index in [4.69, 9.17) is 5.73 Å². The molecule has 0 spiro atoms. The van der Waals surface area contributed by atoms with Gasteiger partial charge in [0, 0.05) is 23.0 Å². The summed E-state index contributed by atoms with van der Waals surface area (Å²) in [4.78, 5) is 0. The van der Waals surface area contributed by atoms with Gasteiger partial charge >= 0.3 is 0 Å². The second-order valence-electron chi connectivity index (χ2n) is 5.52. The Morgan fingerprint density at radius 2 is 2.11 bits per heavy atom. The fraction of sp³-hybridized carbons (Fsp3) is 0.625. The van der Waals surface area contributed by atoms with Gasteiger partial charge in [-0.1, -0.05) is 19.9 Å². The summed E-state index contributed by atoms with van der Waals surface area (Å²) in [6, 6.07) is 6.88. The smallest absolute Gasteiger partial charge is 0.0326 e. The van der Waals surface area contributed by atoms with E-state index in [-0.39, 0.29) is 0 Å². The number of aryl methyl sites for hydroxylation is 1. The number of anilines is 1. The number of nitrogens with two attached hydrogens (primary N) is 1. The first kappa shape index (κ1) is 14.7. The summed E-state index contributed by atoms with van der Waals surface area (Å²) in [5.74, 6) is 0. The van der Waals surface area contributed by atoms with E-state index in [9.17, 15) is 0 Å². The molecule has 106 valence electrons. The van der Waals surface area contributed by atoms with Crippen LogP contribution >= 0.6 is 11.8 Å². The van der Waals surface area contributed by atoms with Crippen LogP contribution in [0.2, 0.25) is 0 Å². The Balaban J connectivity index is 2.03. The topological polar surface area (TPSA) is 38.0 Å². The number of hydrogen-bond donors (Lipinski definition) is 2. The molecular weight excluding hydrogens is 252 g/mol. The van der Waals surface area contributed by atoms with Gasteiger partial charge in [-0.05, 0) is 55.2 Å². The Kier molecular flexibility index (Phi) is 4.80. The van der Waals surface area contributed by atoms with Gasteiger partial charge < -0.3 is 11.1 Å². The lowest BCUT2D eigenvalue weighted by Crippen LogP contribution is -2.38. The fourth-order valence-electron chi connectivity index (χ4n) is 3.02. The zero-order chi connectivity index (χ0) is 13.9. The molecule has 3 heteroatoms. The highest BCUT2D eigenvalue weighted by molar-refractivity contribution is 8.00. The van der Waals surface area contributed by atoms with E-state index in [1.807, 2.05) is 17.8 Å². The third-order valence-corrected chi connectivity index (χ3v) is 6.22. The quantitative estimate of drug-likeness (QED) is 0.778. The molecule has 1 aliphatic rings. The van der Waals surface area contributed by atoms with Gasteiger partial charge in [-0.15, -0.1) is 0 Å². The first-order chi connectivity index (χ1) is 9.14. The zero-order valence-electron chi connectivity index (χ0n) is 12.3. The van der Waals surface area contributed by atoms with Gasteiger partial charge in [-0.25, -0.2) is 0 Å². The predicted molar refractivity (Wildman–Crippen MR) is 86.7 cm³/mol. The normalized spacial score (nSPS) is 18.6. The Hall–Kier alpha value is -0.670. The maximum atomic E-state index is 5.86. The van der Waals surface area contributed by atoms with Crippen LogP contribution in [0.1, 0.15) is 50.3 Å². The van der Waals surface area contributed by atoms with E-state index in [2.05, 4.69) is 37.6 Å². The molecule has 1 aromatic carbocycles. The van der Waals surface area contributed by atoms with Crippen LogP contribution in [0.3, 0.4) is 0 Å². The number of nitrogens with one attached hydrogen (secondary N) is 1. The number of thioether (sulfide) groups is 1. The summed E-state index contributed by atoms with van der Waals surface area (Å²) < 4.78 is 0.385. The van der Waals surface area contributed by atoms with Crippen LogP contribution in [0.25, 0.3) is 0 Å². The molecule has 1 aliphatic carbocycles. The molecule has 0 fully saturated rings. The molecule has 2 nitrogen and oxygen atoms in total. The highest BCUT2D eigenvalue weighted by atomic mass is 32.2. The van der Waals surface area contributed by atoms with Crippen LogP contribution in [0.15, 0.2) is 18.2 Å². The lowest BCUT2D eigenvalue weighted by atomic mass is 10.0. The number of rotatable bonds is 6. The monoisotopic (exact) mass is 278 g/mol. The van der Waals surface area contributed by atoms with Crippen molar-refractivity contribution in [1.82, 2.24) is 5.32 Å². The number of fused-ring (bicyclic) bond motifs is 1. The van der Waals surface area contributed by atoms with Gasteiger partial charge in [0.05, 0.1) is 0 Å². The Labute approximate surface area is 121 Å². The third kappa shape index (κ3) is 3.09. The highest BCUT2D eigenvalue weighted by Gasteiger charge is 2.28. The fourth-order valence-corrected chi connectivity index (χ4v) is 3.82. The highest BCUT2D eigenvalue weighted by Crippen LogP contribution is 2.35. The van der Waals surface area contributed by atoms with Crippen molar-refractivity contribution in [2.75, 3.05) is 18.5 Å². The molecule has 2 rings (SSSR count). The van der Waals surface area contributed by atoms with Crippen LogP contribution in [0, 0.1) is 0 Å². The van der Waals surface area contributed by atoms with Crippen LogP contribution < -0.4 is 11.1 Å². The van der Waals surface area contributed by atoms with Crippen molar-refractivity contribution in [3.05, 3.63) is 29.3 Å². The summed E-state index contributed by atoms with van der Waals surface area (Å²) in [6.45, 7) is 5.69. The maximum Gasteiger partial charge on any atom is 0.0326 e. The molecular formula is C16H26N2S. The summed E-state index contributed by atoms with van der Waals surface area (Å²) in [5.41, 5.74) is 9.64. The molecule has 0 aliphatic heterocycles. The van der Waals surface area contributed by atoms with Crippen molar-refractivity contribution in [2.45, 2.75) is 50.3 Å². The molecule has 1 aromatic rings. The van der Waals surface area contributed by atoms with Crippen molar-refractivity contribution >= 4 is 17.4 Å². The van der Waals surface area contributed by atoms with Crippen molar-refractivity contribution in [2.24, 2.45) is 0 Å². The molecule has 0 saturated heterocycles. The van der Waals surface area contributed by atoms with E-state index in [1.54, 1.807) is 0 Å². The van der Waals surface area contributed by atoms with Gasteiger partial charge in [-0.3, -0.25) is 0 Å². The van der Waals surface area contributed by atoms with Crippen LogP contribution in [0.5, 0.6) is 0 Å². The summed E-state index contributed by atoms with van der Waals surface area (Å²) in [6.07, 6.45) is 7.04. The summed E-state index contributed by atoms with van der Waals surface area (Å²) >= 11 is 2.00. The lowest BCUT2D eigenvalue weighted by Gasteiger charge is -2.31. The second-order valence-corrected chi connectivity index (χ2v) is 6.80. The van der Waals surface area contributed by atoms with Gasteiger partial charge in [0.25, 0.3) is 0 Å². The van der Waals surface area contributed by atoms with E-state index in [0.717, 1.165) is 18.7 Å². The van der Waals surface area contributed by atoms with Gasteiger partial charge in [-0.2, -0.15) is 11.8 Å². The minimum Gasteiger partial charge on any atom is -0.399 e. The molecule has 0 bridgehead atoms. The second kappa shape index (κ2) is 6.19. The number of nitrogen functional groups attached to an aromatic ring is 1. The first-order valence-corrected chi connectivity index (χ1v) is 8.53. The van der Waals surface area contributed by atoms with Gasteiger partial charge in [0.1, 0.15) is 0 Å². The molecule has 1 unspecified atom stereocenters. The van der Waals surface area contributed by atoms with Crippen LogP contribution in [-0.4, -0.2) is 17.5 Å². The van der Waals surface area contributed by atoms with Crippen molar-refractivity contribution in [3.63, 3.8) is 0 Å². The van der Waals surface area contributed by atoms with Crippen molar-refractivity contribution in [3.8, 4) is 0 Å². The van der Waals surface area contributed by atoms with E-state index < -0.39 is 0 Å². The number of benzene rings is 1. The minimum atomic E-state index is 0.385. The molecule has 0 amide bonds. The predicted octanol–water partition coefficient (Wildman–Crippen LogP) is 3.77. The van der Waals surface area contributed by atoms with E-state index in [1.165, 1.54) is 30.4 Å². The van der Waals surface area contributed by atoms with Crippen molar-refractivity contribution < 1.29 is 0 Å². The third-order valence-electron chi connectivity index (χ3n) is 4.64. The summed E-state index contributed by atoms with van der Waals surface area (Å²) in [5, 5.41) is 3.79. The Morgan fingerprint density at radius 1 is 1.37 bits per heavy atom. The molecule has 0 saturated carbocycles. The first-order valence-electron chi connectivity index (χ1n) is 7.31. The molecule has 0 heterocycles. The lowest BCUT2D eigenvalue weighted by molar-refractivity contribution is 0.443. The Morgan fingerprint density at radius 3 is 2.74 bits per heavy atom. The SMILES string of the molecule is CCC(CC)(CNC1CCc2cc(N)ccc21)SC. The molecule has 19 heavy (non-hydrogen) atoms. The van der Waals surface area contributed by atoms with Gasteiger partial charge in [0.2, 0.25) is 0 Å². The largest absolute Gasteiger partial charge is 0.399 e. The zero-order valence-corrected chi connectivity index (χ0v) is 13.1. The van der Waals surface area contributed by atoms with Crippen LogP contribution in [-0.2, 0) is 6.42 Å². The minimum absolute atomic E-state index is 0.385. The van der Waals surface area contributed by atoms with E-state index in [0.29, 0.717) is 10.8 Å². The van der Waals surface area contributed by atoms with Crippen molar-refractivity contribution in [1.29, 1.82) is 0 Å². The molecule has 0 aromatic heterocycles. The van der Waals surface area contributed by atoms with Gasteiger partial charge in [0.15, 0.2) is 0 Å². The summed E-state index contributed by atoms with van der Waals surface area (Å²) in [7, 11) is 0. The molecule has 0 radical (unpaired) electrons. The van der Waals surface area contributed by atoms with Crippen LogP contribution in [0.4, 0.5) is 5.69 Å². The Bertz CT molecular complexity index is 418. The average molecular weight is 278 g/mol. The molecule has 3 N–H and O–H groups in total. The molecule has 1 atom stereocenters. The average Bonchev–Trinajstić information content (AvgIpc) is 2.83. The standard InChI is InChI=1S/C16H26N2S/c1-4-16(5-2,19-3)11-18-15-9-6-12-10-13(17)7-8-14(12)15/h7-8,10,15,18H,4-6,9,11,17H2,1-3H3. The van der Waals surface area contributed by atoms with E-state index >= 15 is 0 Å².